The van der Waals surface area contributed by atoms with E-state index in [2.05, 4.69) is 32.9 Å². The van der Waals surface area contributed by atoms with Crippen molar-refractivity contribution in [1.29, 1.82) is 0 Å². The monoisotopic (exact) mass is 194 g/mol. The highest BCUT2D eigenvalue weighted by Crippen LogP contribution is 2.41. The molecule has 1 heteroatoms. The molecule has 1 unspecified atom stereocenters. The van der Waals surface area contributed by atoms with Crippen LogP contribution in [-0.4, -0.2) is 11.2 Å². The van der Waals surface area contributed by atoms with E-state index in [4.69, 9.17) is 0 Å². The van der Waals surface area contributed by atoms with Gasteiger partial charge in [0, 0.05) is 0 Å². The van der Waals surface area contributed by atoms with E-state index < -0.39 is 0 Å². The van der Waals surface area contributed by atoms with E-state index in [9.17, 15) is 5.11 Å². The molecule has 0 aromatic rings. The van der Waals surface area contributed by atoms with Crippen LogP contribution < -0.4 is 0 Å². The number of aliphatic hydroxyl groups excluding tert-OH is 1. The lowest BCUT2D eigenvalue weighted by Crippen LogP contribution is -2.27. The van der Waals surface area contributed by atoms with Gasteiger partial charge in [-0.25, -0.2) is 0 Å². The van der Waals surface area contributed by atoms with Gasteiger partial charge < -0.3 is 5.11 Å². The zero-order chi connectivity index (χ0) is 10.8. The maximum absolute atomic E-state index is 9.80. The van der Waals surface area contributed by atoms with Gasteiger partial charge in [0.25, 0.3) is 0 Å². The van der Waals surface area contributed by atoms with E-state index in [0.717, 1.165) is 19.3 Å². The first kappa shape index (κ1) is 11.5. The average molecular weight is 194 g/mol. The van der Waals surface area contributed by atoms with Gasteiger partial charge >= 0.3 is 0 Å². The Hall–Kier alpha value is -0.560. The molecule has 0 spiro atoms. The molecular weight excluding hydrogens is 172 g/mol. The molecule has 0 saturated heterocycles. The van der Waals surface area contributed by atoms with E-state index in [-0.39, 0.29) is 11.5 Å². The molecule has 1 aliphatic carbocycles. The summed E-state index contributed by atoms with van der Waals surface area (Å²) in [6.07, 6.45) is 7.06. The Balaban J connectivity index is 2.96. The van der Waals surface area contributed by atoms with Crippen LogP contribution in [0.4, 0.5) is 0 Å². The van der Waals surface area contributed by atoms with Crippen molar-refractivity contribution in [2.75, 3.05) is 0 Å². The molecule has 1 rings (SSSR count). The van der Waals surface area contributed by atoms with Crippen molar-refractivity contribution in [1.82, 2.24) is 0 Å². The molecule has 0 aromatic carbocycles. The van der Waals surface area contributed by atoms with E-state index in [0.29, 0.717) is 0 Å². The Bertz CT molecular complexity index is 258. The fraction of sp³-hybridized carbons (Fsp3) is 0.692. The third-order valence-electron chi connectivity index (χ3n) is 3.39. The first-order chi connectivity index (χ1) is 6.49. The van der Waals surface area contributed by atoms with Gasteiger partial charge in [-0.05, 0) is 44.1 Å². The summed E-state index contributed by atoms with van der Waals surface area (Å²) in [6.45, 7) is 8.68. The smallest absolute Gasteiger partial charge is 0.0750 e. The molecule has 1 N–H and O–H groups in total. The van der Waals surface area contributed by atoms with E-state index >= 15 is 0 Å². The quantitative estimate of drug-likeness (QED) is 0.667. The van der Waals surface area contributed by atoms with Crippen LogP contribution in [-0.2, 0) is 0 Å². The Kier molecular flexibility index (Phi) is 3.54. The minimum Gasteiger partial charge on any atom is -0.389 e. The summed E-state index contributed by atoms with van der Waals surface area (Å²) in [6, 6.07) is 0. The first-order valence-corrected chi connectivity index (χ1v) is 5.48. The van der Waals surface area contributed by atoms with Crippen LogP contribution in [0.5, 0.6) is 0 Å². The third kappa shape index (κ3) is 2.27. The Morgan fingerprint density at radius 1 is 1.50 bits per heavy atom. The first-order valence-electron chi connectivity index (χ1n) is 5.48. The van der Waals surface area contributed by atoms with Crippen LogP contribution in [0.25, 0.3) is 0 Å². The highest BCUT2D eigenvalue weighted by atomic mass is 16.3. The van der Waals surface area contributed by atoms with Crippen molar-refractivity contribution in [3.8, 4) is 0 Å². The summed E-state index contributed by atoms with van der Waals surface area (Å²) < 4.78 is 0. The Morgan fingerprint density at radius 3 is 2.71 bits per heavy atom. The van der Waals surface area contributed by atoms with Gasteiger partial charge in [-0.2, -0.15) is 0 Å². The zero-order valence-corrected chi connectivity index (χ0v) is 9.80. The highest BCUT2D eigenvalue weighted by Gasteiger charge is 2.31. The van der Waals surface area contributed by atoms with Gasteiger partial charge in [-0.1, -0.05) is 31.6 Å². The molecule has 0 heterocycles. The lowest BCUT2D eigenvalue weighted by molar-refractivity contribution is 0.159. The summed E-state index contributed by atoms with van der Waals surface area (Å²) in [7, 11) is 0. The molecule has 0 aliphatic heterocycles. The highest BCUT2D eigenvalue weighted by molar-refractivity contribution is 5.27. The third-order valence-corrected chi connectivity index (χ3v) is 3.39. The van der Waals surface area contributed by atoms with E-state index in [1.807, 2.05) is 6.92 Å². The van der Waals surface area contributed by atoms with Crippen molar-refractivity contribution in [3.05, 3.63) is 23.3 Å². The van der Waals surface area contributed by atoms with Crippen molar-refractivity contribution < 1.29 is 5.11 Å². The lowest BCUT2D eigenvalue weighted by atomic mass is 9.70. The number of aliphatic hydroxyl groups is 1. The normalized spacial score (nSPS) is 27.4. The summed E-state index contributed by atoms with van der Waals surface area (Å²) in [4.78, 5) is 0. The van der Waals surface area contributed by atoms with Crippen LogP contribution >= 0.6 is 0 Å². The molecule has 1 aliphatic rings. The SMILES string of the molecule is C/C=C/CC1=C(C)C(O)CCC1(C)C. The molecule has 0 bridgehead atoms. The standard InChI is InChI=1S/C13H22O/c1-5-6-7-11-10(2)12(14)8-9-13(11,3)4/h5-6,12,14H,7-9H2,1-4H3/b6-5+. The Labute approximate surface area is 87.5 Å². The number of hydrogen-bond acceptors (Lipinski definition) is 1. The second-order valence-corrected chi connectivity index (χ2v) is 4.87. The largest absolute Gasteiger partial charge is 0.389 e. The summed E-state index contributed by atoms with van der Waals surface area (Å²) in [5, 5.41) is 9.80. The zero-order valence-electron chi connectivity index (χ0n) is 9.80. The van der Waals surface area contributed by atoms with Gasteiger partial charge in [0.2, 0.25) is 0 Å². The van der Waals surface area contributed by atoms with Crippen LogP contribution in [0.3, 0.4) is 0 Å². The summed E-state index contributed by atoms with van der Waals surface area (Å²) >= 11 is 0. The van der Waals surface area contributed by atoms with Gasteiger partial charge in [-0.15, -0.1) is 0 Å². The Morgan fingerprint density at radius 2 is 2.14 bits per heavy atom. The molecular formula is C13H22O. The van der Waals surface area contributed by atoms with Crippen molar-refractivity contribution in [2.24, 2.45) is 5.41 Å². The van der Waals surface area contributed by atoms with Gasteiger partial charge in [0.05, 0.1) is 6.10 Å². The number of rotatable bonds is 2. The molecule has 0 aromatic heterocycles. The molecule has 0 fully saturated rings. The molecule has 80 valence electrons. The number of allylic oxidation sites excluding steroid dienone is 3. The summed E-state index contributed by atoms with van der Waals surface area (Å²) in [5.41, 5.74) is 2.89. The van der Waals surface area contributed by atoms with E-state index in [1.54, 1.807) is 0 Å². The van der Waals surface area contributed by atoms with Crippen molar-refractivity contribution in [2.45, 2.75) is 53.1 Å². The molecule has 14 heavy (non-hydrogen) atoms. The fourth-order valence-electron chi connectivity index (χ4n) is 2.27. The summed E-state index contributed by atoms with van der Waals surface area (Å²) in [5.74, 6) is 0. The number of hydrogen-bond donors (Lipinski definition) is 1. The second kappa shape index (κ2) is 4.31. The van der Waals surface area contributed by atoms with Gasteiger partial charge in [0.15, 0.2) is 0 Å². The van der Waals surface area contributed by atoms with Crippen LogP contribution in [0.2, 0.25) is 0 Å². The molecule has 1 atom stereocenters. The maximum atomic E-state index is 9.80. The van der Waals surface area contributed by atoms with Crippen LogP contribution in [0.15, 0.2) is 23.3 Å². The topological polar surface area (TPSA) is 20.2 Å². The van der Waals surface area contributed by atoms with Crippen molar-refractivity contribution in [3.63, 3.8) is 0 Å². The van der Waals surface area contributed by atoms with Crippen molar-refractivity contribution >= 4 is 0 Å². The molecule has 0 saturated carbocycles. The minimum atomic E-state index is -0.205. The second-order valence-electron chi connectivity index (χ2n) is 4.87. The minimum absolute atomic E-state index is 0.205. The molecule has 0 radical (unpaired) electrons. The van der Waals surface area contributed by atoms with Crippen LogP contribution in [0.1, 0.15) is 47.0 Å². The predicted molar refractivity (Wildman–Crippen MR) is 61.2 cm³/mol. The molecule has 0 amide bonds. The van der Waals surface area contributed by atoms with Crippen LogP contribution in [0, 0.1) is 5.41 Å². The van der Waals surface area contributed by atoms with Gasteiger partial charge in [-0.3, -0.25) is 0 Å². The van der Waals surface area contributed by atoms with E-state index in [1.165, 1.54) is 11.1 Å². The maximum Gasteiger partial charge on any atom is 0.0750 e. The average Bonchev–Trinajstić information content (AvgIpc) is 2.12. The molecule has 1 nitrogen and oxygen atoms in total. The predicted octanol–water partition coefficient (Wildman–Crippen LogP) is 3.45. The fourth-order valence-corrected chi connectivity index (χ4v) is 2.27. The van der Waals surface area contributed by atoms with Gasteiger partial charge in [0.1, 0.15) is 0 Å². The lowest BCUT2D eigenvalue weighted by Gasteiger charge is -2.36.